The highest BCUT2D eigenvalue weighted by Gasteiger charge is 2.14. The highest BCUT2D eigenvalue weighted by molar-refractivity contribution is 5.13. The van der Waals surface area contributed by atoms with Gasteiger partial charge in [-0.3, -0.25) is 0 Å². The van der Waals surface area contributed by atoms with Gasteiger partial charge in [-0.1, -0.05) is 43.7 Å². The van der Waals surface area contributed by atoms with Crippen LogP contribution in [0.25, 0.3) is 0 Å². The molecule has 1 unspecified atom stereocenters. The minimum Gasteiger partial charge on any atom is -0.372 e. The maximum atomic E-state index is 6.00. The van der Waals surface area contributed by atoms with Crippen LogP contribution >= 0.6 is 0 Å². The van der Waals surface area contributed by atoms with Gasteiger partial charge in [0.15, 0.2) is 0 Å². The van der Waals surface area contributed by atoms with Gasteiger partial charge in [0, 0.05) is 12.1 Å². The molecule has 0 bridgehead atoms. The summed E-state index contributed by atoms with van der Waals surface area (Å²) in [7, 11) is 0. The van der Waals surface area contributed by atoms with Gasteiger partial charge in [-0.05, 0) is 32.8 Å². The molecule has 102 valence electrons. The largest absolute Gasteiger partial charge is 0.372 e. The molecule has 0 aliphatic heterocycles. The van der Waals surface area contributed by atoms with E-state index in [0.29, 0.717) is 12.7 Å². The first-order chi connectivity index (χ1) is 8.51. The molecule has 0 radical (unpaired) electrons. The Morgan fingerprint density at radius 1 is 1.17 bits per heavy atom. The normalized spacial score (nSPS) is 13.6. The minimum absolute atomic E-state index is 0.155. The maximum Gasteiger partial charge on any atom is 0.0721 e. The van der Waals surface area contributed by atoms with Crippen LogP contribution in [0, 0.1) is 0 Å². The lowest BCUT2D eigenvalue weighted by Gasteiger charge is -2.25. The molecular formula is C16H27NO. The zero-order valence-corrected chi connectivity index (χ0v) is 12.2. The molecule has 0 saturated carbocycles. The van der Waals surface area contributed by atoms with Gasteiger partial charge < -0.3 is 10.1 Å². The van der Waals surface area contributed by atoms with E-state index in [4.69, 9.17) is 4.74 Å². The van der Waals surface area contributed by atoms with Crippen LogP contribution < -0.4 is 5.32 Å². The predicted octanol–water partition coefficient (Wildman–Crippen LogP) is 3.76. The van der Waals surface area contributed by atoms with Gasteiger partial charge in [-0.2, -0.15) is 0 Å². The van der Waals surface area contributed by atoms with E-state index in [1.54, 1.807) is 0 Å². The Labute approximate surface area is 112 Å². The van der Waals surface area contributed by atoms with Crippen molar-refractivity contribution in [1.29, 1.82) is 0 Å². The van der Waals surface area contributed by atoms with Crippen LogP contribution in [-0.4, -0.2) is 18.2 Å². The Bertz CT molecular complexity index is 316. The zero-order chi connectivity index (χ0) is 13.4. The van der Waals surface area contributed by atoms with Gasteiger partial charge in [0.05, 0.1) is 12.7 Å². The van der Waals surface area contributed by atoms with Crippen molar-refractivity contribution in [2.45, 2.75) is 58.8 Å². The molecule has 0 aliphatic carbocycles. The molecule has 0 spiro atoms. The highest BCUT2D eigenvalue weighted by atomic mass is 16.5. The number of nitrogens with one attached hydrogen (secondary N) is 1. The third-order valence-electron chi connectivity index (χ3n) is 2.80. The molecule has 0 aliphatic rings. The molecule has 1 atom stereocenters. The summed E-state index contributed by atoms with van der Waals surface area (Å²) in [6.07, 6.45) is 2.57. The van der Waals surface area contributed by atoms with Crippen LogP contribution in [0.15, 0.2) is 30.3 Å². The third-order valence-corrected chi connectivity index (χ3v) is 2.80. The van der Waals surface area contributed by atoms with Gasteiger partial charge in [0.1, 0.15) is 0 Å². The zero-order valence-electron chi connectivity index (χ0n) is 12.2. The van der Waals surface area contributed by atoms with E-state index >= 15 is 0 Å². The third kappa shape index (κ3) is 6.77. The molecule has 18 heavy (non-hydrogen) atoms. The summed E-state index contributed by atoms with van der Waals surface area (Å²) >= 11 is 0. The van der Waals surface area contributed by atoms with Crippen LogP contribution in [-0.2, 0) is 11.3 Å². The van der Waals surface area contributed by atoms with Crippen molar-refractivity contribution in [3.05, 3.63) is 35.9 Å². The van der Waals surface area contributed by atoms with Gasteiger partial charge in [0.25, 0.3) is 0 Å². The smallest absolute Gasteiger partial charge is 0.0721 e. The second-order valence-corrected chi connectivity index (χ2v) is 5.84. The minimum atomic E-state index is 0.155. The molecule has 0 amide bonds. The molecule has 2 heteroatoms. The summed E-state index contributed by atoms with van der Waals surface area (Å²) in [4.78, 5) is 0. The summed E-state index contributed by atoms with van der Waals surface area (Å²) < 4.78 is 6.00. The van der Waals surface area contributed by atoms with Crippen LogP contribution in [0.1, 0.15) is 46.1 Å². The number of hydrogen-bond acceptors (Lipinski definition) is 2. The summed E-state index contributed by atoms with van der Waals surface area (Å²) in [6.45, 7) is 10.4. The molecular weight excluding hydrogens is 222 g/mol. The van der Waals surface area contributed by atoms with E-state index in [0.717, 1.165) is 19.4 Å². The van der Waals surface area contributed by atoms with E-state index < -0.39 is 0 Å². The highest BCUT2D eigenvalue weighted by Crippen LogP contribution is 2.09. The first kappa shape index (κ1) is 15.2. The Morgan fingerprint density at radius 2 is 1.83 bits per heavy atom. The average Bonchev–Trinajstić information content (AvgIpc) is 2.33. The van der Waals surface area contributed by atoms with Crippen molar-refractivity contribution in [3.63, 3.8) is 0 Å². The van der Waals surface area contributed by atoms with Gasteiger partial charge in [-0.15, -0.1) is 0 Å². The molecule has 0 saturated heterocycles. The Balaban J connectivity index is 2.38. The first-order valence-electron chi connectivity index (χ1n) is 6.92. The molecule has 1 aromatic rings. The second-order valence-electron chi connectivity index (χ2n) is 5.84. The fourth-order valence-corrected chi connectivity index (χ4v) is 1.77. The topological polar surface area (TPSA) is 21.3 Å². The molecule has 1 rings (SSSR count). The molecule has 0 fully saturated rings. The van der Waals surface area contributed by atoms with E-state index in [-0.39, 0.29) is 5.54 Å². The predicted molar refractivity (Wildman–Crippen MR) is 77.7 cm³/mol. The van der Waals surface area contributed by atoms with E-state index in [2.05, 4.69) is 57.3 Å². The van der Waals surface area contributed by atoms with Crippen LogP contribution in [0.5, 0.6) is 0 Å². The van der Waals surface area contributed by atoms with Gasteiger partial charge in [0.2, 0.25) is 0 Å². The number of hydrogen-bond donors (Lipinski definition) is 1. The summed E-state index contributed by atoms with van der Waals surface area (Å²) in [5.41, 5.74) is 1.40. The van der Waals surface area contributed by atoms with Crippen molar-refractivity contribution >= 4 is 0 Å². The standard InChI is InChI=1S/C16H27NO/c1-5-9-15(12-17-16(2,3)4)18-13-14-10-7-6-8-11-14/h6-8,10-11,15,17H,5,9,12-13H2,1-4H3. The average molecular weight is 249 g/mol. The van der Waals surface area contributed by atoms with Crippen molar-refractivity contribution in [2.75, 3.05) is 6.54 Å². The summed E-state index contributed by atoms with van der Waals surface area (Å²) in [5.74, 6) is 0. The van der Waals surface area contributed by atoms with Crippen molar-refractivity contribution in [3.8, 4) is 0 Å². The second kappa shape index (κ2) is 7.55. The summed E-state index contributed by atoms with van der Waals surface area (Å²) in [6, 6.07) is 10.4. The van der Waals surface area contributed by atoms with Crippen molar-refractivity contribution in [2.24, 2.45) is 0 Å². The lowest BCUT2D eigenvalue weighted by Crippen LogP contribution is -2.41. The first-order valence-corrected chi connectivity index (χ1v) is 6.92. The van der Waals surface area contributed by atoms with E-state index in [1.807, 2.05) is 6.07 Å². The van der Waals surface area contributed by atoms with E-state index in [1.165, 1.54) is 5.56 Å². The molecule has 1 aromatic carbocycles. The van der Waals surface area contributed by atoms with Gasteiger partial charge in [-0.25, -0.2) is 0 Å². The van der Waals surface area contributed by atoms with Crippen molar-refractivity contribution in [1.82, 2.24) is 5.32 Å². The Hall–Kier alpha value is -0.860. The Morgan fingerprint density at radius 3 is 2.39 bits per heavy atom. The molecule has 1 N–H and O–H groups in total. The molecule has 2 nitrogen and oxygen atoms in total. The molecule has 0 aromatic heterocycles. The maximum absolute atomic E-state index is 6.00. The monoisotopic (exact) mass is 249 g/mol. The van der Waals surface area contributed by atoms with Crippen LogP contribution in [0.4, 0.5) is 0 Å². The van der Waals surface area contributed by atoms with Crippen LogP contribution in [0.2, 0.25) is 0 Å². The lowest BCUT2D eigenvalue weighted by atomic mass is 10.1. The molecule has 0 heterocycles. The quantitative estimate of drug-likeness (QED) is 0.794. The lowest BCUT2D eigenvalue weighted by molar-refractivity contribution is 0.0310. The van der Waals surface area contributed by atoms with E-state index in [9.17, 15) is 0 Å². The number of rotatable bonds is 7. The fraction of sp³-hybridized carbons (Fsp3) is 0.625. The SMILES string of the molecule is CCCC(CNC(C)(C)C)OCc1ccccc1. The summed E-state index contributed by atoms with van der Waals surface area (Å²) in [5, 5.41) is 3.52. The van der Waals surface area contributed by atoms with Crippen molar-refractivity contribution < 1.29 is 4.74 Å². The fourth-order valence-electron chi connectivity index (χ4n) is 1.77. The van der Waals surface area contributed by atoms with Gasteiger partial charge >= 0.3 is 0 Å². The number of benzene rings is 1. The Kier molecular flexibility index (Phi) is 6.37. The van der Waals surface area contributed by atoms with Crippen LogP contribution in [0.3, 0.4) is 0 Å². The number of ether oxygens (including phenoxy) is 1.